The van der Waals surface area contributed by atoms with Gasteiger partial charge in [0.25, 0.3) is 0 Å². The van der Waals surface area contributed by atoms with Crippen LogP contribution in [0, 0.1) is 0 Å². The van der Waals surface area contributed by atoms with E-state index in [9.17, 15) is 9.90 Å². The van der Waals surface area contributed by atoms with Gasteiger partial charge in [-0.1, -0.05) is 6.07 Å². The van der Waals surface area contributed by atoms with Crippen LogP contribution < -0.4 is 0 Å². The molecule has 1 heterocycles. The first-order valence-corrected chi connectivity index (χ1v) is 5.63. The van der Waals surface area contributed by atoms with E-state index in [-0.39, 0.29) is 11.5 Å². The highest BCUT2D eigenvalue weighted by Gasteiger charge is 2.15. The second-order valence-corrected chi connectivity index (χ2v) is 3.90. The molecule has 0 saturated carbocycles. The lowest BCUT2D eigenvalue weighted by Gasteiger charge is -2.14. The summed E-state index contributed by atoms with van der Waals surface area (Å²) in [6.07, 6.45) is 0.0807. The van der Waals surface area contributed by atoms with Crippen molar-refractivity contribution in [1.82, 2.24) is 0 Å². The molecule has 0 aliphatic heterocycles. The lowest BCUT2D eigenvalue weighted by atomic mass is 10.1. The molecule has 0 amide bonds. The smallest absolute Gasteiger partial charge is 0.185 e. The van der Waals surface area contributed by atoms with Gasteiger partial charge in [-0.25, -0.2) is 0 Å². The van der Waals surface area contributed by atoms with Crippen molar-refractivity contribution < 1.29 is 23.8 Å². The third-order valence-electron chi connectivity index (χ3n) is 2.73. The summed E-state index contributed by atoms with van der Waals surface area (Å²) in [4.78, 5) is 10.6. The van der Waals surface area contributed by atoms with Gasteiger partial charge in [0, 0.05) is 19.8 Å². The molecule has 0 aliphatic carbocycles. The van der Waals surface area contributed by atoms with Crippen LogP contribution in [0.3, 0.4) is 0 Å². The summed E-state index contributed by atoms with van der Waals surface area (Å²) >= 11 is 0. The van der Waals surface area contributed by atoms with E-state index in [0.717, 1.165) is 5.56 Å². The molecule has 100 valence electrons. The molecule has 19 heavy (non-hydrogen) atoms. The molecule has 1 aromatic carbocycles. The van der Waals surface area contributed by atoms with Crippen molar-refractivity contribution in [2.45, 2.75) is 6.29 Å². The second-order valence-electron chi connectivity index (χ2n) is 3.90. The minimum absolute atomic E-state index is 0.0569. The van der Waals surface area contributed by atoms with Gasteiger partial charge in [0.05, 0.1) is 5.56 Å². The largest absolute Gasteiger partial charge is 0.507 e. The van der Waals surface area contributed by atoms with Crippen LogP contribution in [0.15, 0.2) is 34.7 Å². The van der Waals surface area contributed by atoms with Crippen LogP contribution in [0.25, 0.3) is 11.3 Å². The third kappa shape index (κ3) is 2.67. The molecule has 0 unspecified atom stereocenters. The zero-order valence-corrected chi connectivity index (χ0v) is 10.6. The topological polar surface area (TPSA) is 68.9 Å². The third-order valence-corrected chi connectivity index (χ3v) is 2.73. The Labute approximate surface area is 110 Å². The number of phenolic OH excluding ortho intramolecular Hbond substituents is 1. The van der Waals surface area contributed by atoms with Gasteiger partial charge in [-0.15, -0.1) is 0 Å². The van der Waals surface area contributed by atoms with E-state index in [1.165, 1.54) is 20.3 Å². The first kappa shape index (κ1) is 13.3. The maximum Gasteiger partial charge on any atom is 0.185 e. The normalized spacial score (nSPS) is 10.9. The van der Waals surface area contributed by atoms with Gasteiger partial charge in [-0.05, 0) is 24.3 Å². The Balaban J connectivity index is 2.44. The number of phenols is 1. The average Bonchev–Trinajstić information content (AvgIpc) is 2.90. The van der Waals surface area contributed by atoms with Crippen molar-refractivity contribution in [3.63, 3.8) is 0 Å². The summed E-state index contributed by atoms with van der Waals surface area (Å²) in [5.74, 6) is 0.670. The summed E-state index contributed by atoms with van der Waals surface area (Å²) in [6, 6.07) is 8.08. The molecule has 0 aliphatic rings. The fourth-order valence-electron chi connectivity index (χ4n) is 1.83. The maximum absolute atomic E-state index is 10.6. The second kappa shape index (κ2) is 5.69. The Morgan fingerprint density at radius 2 is 1.95 bits per heavy atom. The van der Waals surface area contributed by atoms with E-state index in [4.69, 9.17) is 13.9 Å². The van der Waals surface area contributed by atoms with Crippen molar-refractivity contribution in [3.05, 3.63) is 41.7 Å². The molecule has 0 spiro atoms. The number of hydrogen-bond donors (Lipinski definition) is 1. The lowest BCUT2D eigenvalue weighted by molar-refractivity contribution is -0.106. The summed E-state index contributed by atoms with van der Waals surface area (Å²) in [7, 11) is 3.05. The van der Waals surface area contributed by atoms with Crippen LogP contribution in [-0.2, 0) is 9.47 Å². The Morgan fingerprint density at radius 3 is 2.53 bits per heavy atom. The molecule has 1 aromatic heterocycles. The molecule has 0 bridgehead atoms. The standard InChI is InChI=1S/C14H14O5/c1-17-14(18-2)9-3-5-12(16)11(7-9)13-6-4-10(8-15)19-13/h3-8,14,16H,1-2H3. The van der Waals surface area contributed by atoms with Gasteiger partial charge in [0.1, 0.15) is 11.5 Å². The number of aldehydes is 1. The fourth-order valence-corrected chi connectivity index (χ4v) is 1.83. The number of carbonyl (C=O) groups is 1. The van der Waals surface area contributed by atoms with Gasteiger partial charge in [-0.2, -0.15) is 0 Å². The number of methoxy groups -OCH3 is 2. The highest BCUT2D eigenvalue weighted by molar-refractivity contribution is 5.74. The number of benzene rings is 1. The first-order valence-electron chi connectivity index (χ1n) is 5.63. The monoisotopic (exact) mass is 262 g/mol. The maximum atomic E-state index is 10.6. The molecule has 0 radical (unpaired) electrons. The van der Waals surface area contributed by atoms with Crippen LogP contribution in [0.1, 0.15) is 22.4 Å². The highest BCUT2D eigenvalue weighted by atomic mass is 16.7. The van der Waals surface area contributed by atoms with Crippen LogP contribution >= 0.6 is 0 Å². The summed E-state index contributed by atoms with van der Waals surface area (Å²) < 4.78 is 15.6. The molecule has 0 atom stereocenters. The number of rotatable bonds is 5. The molecule has 0 fully saturated rings. The minimum atomic E-state index is -0.528. The SMILES string of the molecule is COC(OC)c1ccc(O)c(-c2ccc(C=O)o2)c1. The van der Waals surface area contributed by atoms with Crippen molar-refractivity contribution in [1.29, 1.82) is 0 Å². The Kier molecular flexibility index (Phi) is 3.99. The van der Waals surface area contributed by atoms with Crippen LogP contribution in [-0.4, -0.2) is 25.6 Å². The van der Waals surface area contributed by atoms with Crippen molar-refractivity contribution in [2.75, 3.05) is 14.2 Å². The van der Waals surface area contributed by atoms with Gasteiger partial charge >= 0.3 is 0 Å². The summed E-state index contributed by atoms with van der Waals surface area (Å²) in [6.45, 7) is 0. The number of ether oxygens (including phenoxy) is 2. The molecule has 1 N–H and O–H groups in total. The van der Waals surface area contributed by atoms with Gasteiger partial charge < -0.3 is 19.0 Å². The van der Waals surface area contributed by atoms with Crippen molar-refractivity contribution in [3.8, 4) is 17.1 Å². The van der Waals surface area contributed by atoms with E-state index in [2.05, 4.69) is 0 Å². The van der Waals surface area contributed by atoms with Crippen LogP contribution in [0.2, 0.25) is 0 Å². The zero-order chi connectivity index (χ0) is 13.8. The Hall–Kier alpha value is -2.11. The fraction of sp³-hybridized carbons (Fsp3) is 0.214. The van der Waals surface area contributed by atoms with Gasteiger partial charge in [0.15, 0.2) is 18.3 Å². The van der Waals surface area contributed by atoms with Crippen molar-refractivity contribution in [2.24, 2.45) is 0 Å². The van der Waals surface area contributed by atoms with Crippen LogP contribution in [0.4, 0.5) is 0 Å². The molecular weight excluding hydrogens is 248 g/mol. The molecule has 2 rings (SSSR count). The zero-order valence-electron chi connectivity index (χ0n) is 10.6. The van der Waals surface area contributed by atoms with Crippen LogP contribution in [0.5, 0.6) is 5.75 Å². The number of carbonyl (C=O) groups excluding carboxylic acids is 1. The Morgan fingerprint density at radius 1 is 1.21 bits per heavy atom. The molecule has 2 aromatic rings. The number of furan rings is 1. The summed E-state index contributed by atoms with van der Waals surface area (Å²) in [5, 5.41) is 9.87. The molecule has 0 saturated heterocycles. The molecule has 5 heteroatoms. The molecule has 5 nitrogen and oxygen atoms in total. The lowest BCUT2D eigenvalue weighted by Crippen LogP contribution is -2.03. The van der Waals surface area contributed by atoms with E-state index in [0.29, 0.717) is 17.6 Å². The van der Waals surface area contributed by atoms with Gasteiger partial charge in [0.2, 0.25) is 0 Å². The number of hydrogen-bond acceptors (Lipinski definition) is 5. The minimum Gasteiger partial charge on any atom is -0.507 e. The van der Waals surface area contributed by atoms with E-state index in [1.807, 2.05) is 0 Å². The van der Waals surface area contributed by atoms with E-state index in [1.54, 1.807) is 24.3 Å². The number of aromatic hydroxyl groups is 1. The van der Waals surface area contributed by atoms with Gasteiger partial charge in [-0.3, -0.25) is 4.79 Å². The van der Waals surface area contributed by atoms with E-state index < -0.39 is 6.29 Å². The highest BCUT2D eigenvalue weighted by Crippen LogP contribution is 2.33. The average molecular weight is 262 g/mol. The predicted molar refractivity (Wildman–Crippen MR) is 68.0 cm³/mol. The predicted octanol–water partition coefficient (Wildman–Crippen LogP) is 2.76. The molecular formula is C14H14O5. The van der Waals surface area contributed by atoms with E-state index >= 15 is 0 Å². The first-order chi connectivity index (χ1) is 9.19. The Bertz CT molecular complexity index is 569. The van der Waals surface area contributed by atoms with Crippen molar-refractivity contribution >= 4 is 6.29 Å². The quantitative estimate of drug-likeness (QED) is 0.662. The summed E-state index contributed by atoms with van der Waals surface area (Å²) in [5.41, 5.74) is 1.21.